The molecular formula is C17H24ClNO2. The second kappa shape index (κ2) is 5.98. The summed E-state index contributed by atoms with van der Waals surface area (Å²) < 4.78 is 0. The zero-order chi connectivity index (χ0) is 15.7. The fourth-order valence-corrected chi connectivity index (χ4v) is 2.81. The Bertz CT molecular complexity index is 501. The highest BCUT2D eigenvalue weighted by Crippen LogP contribution is 2.48. The average Bonchev–Trinajstić information content (AvgIpc) is 3.19. The van der Waals surface area contributed by atoms with Gasteiger partial charge in [0.2, 0.25) is 5.91 Å². The molecule has 4 heteroatoms. The Kier molecular flexibility index (Phi) is 4.64. The average molecular weight is 310 g/mol. The molecule has 1 saturated carbocycles. The van der Waals surface area contributed by atoms with Crippen molar-refractivity contribution in [3.8, 4) is 0 Å². The first-order valence-corrected chi connectivity index (χ1v) is 7.85. The molecule has 1 unspecified atom stereocenters. The van der Waals surface area contributed by atoms with Crippen LogP contribution in [0.2, 0.25) is 5.02 Å². The second-order valence-corrected chi connectivity index (χ2v) is 7.43. The maximum Gasteiger partial charge on any atom is 0.230 e. The number of rotatable bonds is 5. The Morgan fingerprint density at radius 1 is 1.33 bits per heavy atom. The van der Waals surface area contributed by atoms with Gasteiger partial charge in [-0.2, -0.15) is 0 Å². The van der Waals surface area contributed by atoms with E-state index in [1.54, 1.807) is 0 Å². The number of carbonyl (C=O) groups is 1. The van der Waals surface area contributed by atoms with Gasteiger partial charge < -0.3 is 10.4 Å². The highest BCUT2D eigenvalue weighted by molar-refractivity contribution is 6.30. The van der Waals surface area contributed by atoms with Crippen LogP contribution in [0.5, 0.6) is 0 Å². The van der Waals surface area contributed by atoms with Crippen molar-refractivity contribution >= 4 is 17.5 Å². The Balaban J connectivity index is 2.13. The van der Waals surface area contributed by atoms with E-state index in [1.165, 1.54) is 0 Å². The van der Waals surface area contributed by atoms with Crippen LogP contribution >= 0.6 is 11.6 Å². The quantitative estimate of drug-likeness (QED) is 0.877. The number of amides is 1. The molecule has 1 fully saturated rings. The van der Waals surface area contributed by atoms with E-state index in [2.05, 4.69) is 26.1 Å². The zero-order valence-electron chi connectivity index (χ0n) is 12.9. The molecule has 116 valence electrons. The van der Waals surface area contributed by atoms with Crippen molar-refractivity contribution in [2.45, 2.75) is 51.5 Å². The molecule has 1 aliphatic rings. The van der Waals surface area contributed by atoms with Crippen LogP contribution < -0.4 is 5.32 Å². The Morgan fingerprint density at radius 2 is 1.90 bits per heavy atom. The van der Waals surface area contributed by atoms with Crippen molar-refractivity contribution in [2.75, 3.05) is 6.61 Å². The summed E-state index contributed by atoms with van der Waals surface area (Å²) in [7, 11) is 0. The van der Waals surface area contributed by atoms with Crippen molar-refractivity contribution < 1.29 is 9.90 Å². The summed E-state index contributed by atoms with van der Waals surface area (Å²) in [6.07, 6.45) is 2.32. The van der Waals surface area contributed by atoms with Crippen LogP contribution in [0.4, 0.5) is 0 Å². The van der Waals surface area contributed by atoms with Crippen LogP contribution in [0.1, 0.15) is 45.6 Å². The molecule has 0 heterocycles. The summed E-state index contributed by atoms with van der Waals surface area (Å²) in [4.78, 5) is 12.7. The number of halogens is 1. The van der Waals surface area contributed by atoms with E-state index in [0.29, 0.717) is 11.4 Å². The molecule has 1 amide bonds. The van der Waals surface area contributed by atoms with E-state index in [0.717, 1.165) is 18.4 Å². The van der Waals surface area contributed by atoms with Crippen LogP contribution in [-0.2, 0) is 10.2 Å². The Labute approximate surface area is 131 Å². The van der Waals surface area contributed by atoms with Gasteiger partial charge in [0.1, 0.15) is 0 Å². The molecule has 0 aliphatic heterocycles. The summed E-state index contributed by atoms with van der Waals surface area (Å²) in [5.41, 5.74) is 0.555. The van der Waals surface area contributed by atoms with Gasteiger partial charge in [0.15, 0.2) is 0 Å². The van der Waals surface area contributed by atoms with E-state index in [-0.39, 0.29) is 24.0 Å². The number of hydrogen-bond acceptors (Lipinski definition) is 2. The fraction of sp³-hybridized carbons (Fsp3) is 0.588. The Morgan fingerprint density at radius 3 is 2.33 bits per heavy atom. The van der Waals surface area contributed by atoms with E-state index < -0.39 is 5.41 Å². The normalized spacial score (nSPS) is 18.1. The third kappa shape index (κ3) is 3.58. The standard InChI is InChI=1S/C17H24ClNO2/c1-16(2,3)14(8-11-20)19-15(21)17(9-10-17)12-4-6-13(18)7-5-12/h4-7,14,20H,8-11H2,1-3H3,(H,19,21). The predicted molar refractivity (Wildman–Crippen MR) is 85.5 cm³/mol. The number of nitrogens with one attached hydrogen (secondary N) is 1. The molecule has 1 atom stereocenters. The minimum atomic E-state index is -0.399. The number of benzene rings is 1. The molecule has 0 bridgehead atoms. The molecule has 3 nitrogen and oxygen atoms in total. The molecule has 0 radical (unpaired) electrons. The summed E-state index contributed by atoms with van der Waals surface area (Å²) in [5, 5.41) is 13.0. The molecule has 0 aromatic heterocycles. The molecule has 1 aliphatic carbocycles. The third-order valence-corrected chi connectivity index (χ3v) is 4.60. The van der Waals surface area contributed by atoms with Crippen molar-refractivity contribution in [2.24, 2.45) is 5.41 Å². The molecule has 2 N–H and O–H groups in total. The van der Waals surface area contributed by atoms with Crippen LogP contribution in [-0.4, -0.2) is 23.7 Å². The zero-order valence-corrected chi connectivity index (χ0v) is 13.7. The molecule has 1 aromatic rings. The molecule has 0 saturated heterocycles. The molecule has 21 heavy (non-hydrogen) atoms. The third-order valence-electron chi connectivity index (χ3n) is 4.35. The van der Waals surface area contributed by atoms with Crippen LogP contribution in [0.15, 0.2) is 24.3 Å². The Hall–Kier alpha value is -1.06. The van der Waals surface area contributed by atoms with Gasteiger partial charge in [-0.15, -0.1) is 0 Å². The summed E-state index contributed by atoms with van der Waals surface area (Å²) in [6.45, 7) is 6.32. The number of aliphatic hydroxyl groups excluding tert-OH is 1. The number of aliphatic hydroxyl groups is 1. The van der Waals surface area contributed by atoms with E-state index >= 15 is 0 Å². The lowest BCUT2D eigenvalue weighted by molar-refractivity contribution is -0.125. The van der Waals surface area contributed by atoms with Crippen molar-refractivity contribution in [1.29, 1.82) is 0 Å². The number of hydrogen-bond donors (Lipinski definition) is 2. The fourth-order valence-electron chi connectivity index (χ4n) is 2.69. The van der Waals surface area contributed by atoms with Gasteiger partial charge in [-0.25, -0.2) is 0 Å². The van der Waals surface area contributed by atoms with Gasteiger partial charge >= 0.3 is 0 Å². The van der Waals surface area contributed by atoms with Crippen molar-refractivity contribution in [3.05, 3.63) is 34.9 Å². The lowest BCUT2D eigenvalue weighted by atomic mass is 9.84. The van der Waals surface area contributed by atoms with Gasteiger partial charge in [0.25, 0.3) is 0 Å². The number of carbonyl (C=O) groups excluding carboxylic acids is 1. The van der Waals surface area contributed by atoms with Gasteiger partial charge in [-0.1, -0.05) is 44.5 Å². The highest BCUT2D eigenvalue weighted by Gasteiger charge is 2.51. The van der Waals surface area contributed by atoms with Crippen LogP contribution in [0, 0.1) is 5.41 Å². The topological polar surface area (TPSA) is 49.3 Å². The second-order valence-electron chi connectivity index (χ2n) is 6.99. The molecule has 1 aromatic carbocycles. The summed E-state index contributed by atoms with van der Waals surface area (Å²) >= 11 is 5.92. The van der Waals surface area contributed by atoms with E-state index in [4.69, 9.17) is 11.6 Å². The van der Waals surface area contributed by atoms with Gasteiger partial charge in [-0.05, 0) is 42.4 Å². The molecule has 0 spiro atoms. The van der Waals surface area contributed by atoms with E-state index in [1.807, 2.05) is 24.3 Å². The molecule has 2 rings (SSSR count). The lowest BCUT2D eigenvalue weighted by Gasteiger charge is -2.32. The van der Waals surface area contributed by atoms with Gasteiger partial charge in [0, 0.05) is 17.7 Å². The maximum atomic E-state index is 12.7. The lowest BCUT2D eigenvalue weighted by Crippen LogP contribution is -2.48. The van der Waals surface area contributed by atoms with Gasteiger partial charge in [-0.3, -0.25) is 4.79 Å². The molecular weight excluding hydrogens is 286 g/mol. The van der Waals surface area contributed by atoms with Gasteiger partial charge in [0.05, 0.1) is 5.41 Å². The highest BCUT2D eigenvalue weighted by atomic mass is 35.5. The minimum Gasteiger partial charge on any atom is -0.396 e. The van der Waals surface area contributed by atoms with E-state index in [9.17, 15) is 9.90 Å². The van der Waals surface area contributed by atoms with Crippen molar-refractivity contribution in [1.82, 2.24) is 5.32 Å². The predicted octanol–water partition coefficient (Wildman–Crippen LogP) is 3.28. The van der Waals surface area contributed by atoms with Crippen LogP contribution in [0.3, 0.4) is 0 Å². The monoisotopic (exact) mass is 309 g/mol. The minimum absolute atomic E-state index is 0.0280. The first kappa shape index (κ1) is 16.3. The summed E-state index contributed by atoms with van der Waals surface area (Å²) in [6, 6.07) is 7.51. The first-order chi connectivity index (χ1) is 9.79. The van der Waals surface area contributed by atoms with Crippen LogP contribution in [0.25, 0.3) is 0 Å². The SMILES string of the molecule is CC(C)(C)C(CCO)NC(=O)C1(c2ccc(Cl)cc2)CC1. The smallest absolute Gasteiger partial charge is 0.230 e. The largest absolute Gasteiger partial charge is 0.396 e. The first-order valence-electron chi connectivity index (χ1n) is 7.47. The maximum absolute atomic E-state index is 12.7. The van der Waals surface area contributed by atoms with Crippen molar-refractivity contribution in [3.63, 3.8) is 0 Å². The summed E-state index contributed by atoms with van der Waals surface area (Å²) in [5.74, 6) is 0.0678.